The van der Waals surface area contributed by atoms with Gasteiger partial charge in [-0.1, -0.05) is 0 Å². The van der Waals surface area contributed by atoms with Crippen molar-refractivity contribution in [2.24, 2.45) is 0 Å². The number of H-pyrrole nitrogens is 1. The van der Waals surface area contributed by atoms with Crippen molar-refractivity contribution in [3.05, 3.63) is 56.6 Å². The van der Waals surface area contributed by atoms with Crippen LogP contribution in [0.4, 0.5) is 17.1 Å². The molecular formula is C12H13N5O7. The minimum atomic E-state index is -1.24. The van der Waals surface area contributed by atoms with E-state index in [0.29, 0.717) is 5.69 Å². The molecule has 0 saturated heterocycles. The van der Waals surface area contributed by atoms with Crippen LogP contribution in [0.5, 0.6) is 0 Å². The van der Waals surface area contributed by atoms with Crippen LogP contribution in [0.25, 0.3) is 0 Å². The number of nitrogens with one attached hydrogen (secondary N) is 2. The van der Waals surface area contributed by atoms with E-state index in [1.165, 1.54) is 12.5 Å². The number of benzene rings is 1. The average molecular weight is 339 g/mol. The number of nitro groups is 2. The van der Waals surface area contributed by atoms with Gasteiger partial charge in [0.05, 0.1) is 27.9 Å². The maximum atomic E-state index is 11.3. The van der Waals surface area contributed by atoms with Crippen LogP contribution >= 0.6 is 0 Å². The number of hydrogen-bond acceptors (Lipinski definition) is 7. The van der Waals surface area contributed by atoms with E-state index in [4.69, 9.17) is 0 Å². The molecule has 1 aromatic heterocycles. The van der Waals surface area contributed by atoms with E-state index in [0.717, 1.165) is 18.2 Å². The first-order valence-electron chi connectivity index (χ1n) is 6.28. The van der Waals surface area contributed by atoms with Crippen molar-refractivity contribution in [3.63, 3.8) is 0 Å². The fraction of sp³-hybridized carbons (Fsp3) is 0.167. The Kier molecular flexibility index (Phi) is 5.89. The Morgan fingerprint density at radius 2 is 2.04 bits per heavy atom. The van der Waals surface area contributed by atoms with Crippen LogP contribution in [-0.2, 0) is 11.2 Å². The first-order chi connectivity index (χ1) is 10.9. The minimum absolute atomic E-state index is 0. The average Bonchev–Trinajstić information content (AvgIpc) is 2.99. The molecule has 12 nitrogen and oxygen atoms in total. The van der Waals surface area contributed by atoms with E-state index >= 15 is 0 Å². The quantitative estimate of drug-likeness (QED) is 0.478. The van der Waals surface area contributed by atoms with Gasteiger partial charge in [-0.05, 0) is 6.07 Å². The van der Waals surface area contributed by atoms with E-state index in [1.54, 1.807) is 0 Å². The maximum Gasteiger partial charge on any atom is 0.326 e. The highest BCUT2D eigenvalue weighted by Crippen LogP contribution is 2.29. The molecule has 0 aliphatic heterocycles. The second kappa shape index (κ2) is 7.64. The van der Waals surface area contributed by atoms with Crippen LogP contribution in [0, 0.1) is 20.2 Å². The molecule has 1 aromatic carbocycles. The lowest BCUT2D eigenvalue weighted by molar-refractivity contribution is -0.393. The predicted molar refractivity (Wildman–Crippen MR) is 80.7 cm³/mol. The summed E-state index contributed by atoms with van der Waals surface area (Å²) in [6.07, 6.45) is 2.86. The number of nitro benzene ring substituents is 2. The third-order valence-corrected chi connectivity index (χ3v) is 2.98. The number of nitrogens with zero attached hydrogens (tertiary/aromatic N) is 3. The molecule has 0 aliphatic rings. The molecule has 0 unspecified atom stereocenters. The number of carbonyl (C=O) groups is 1. The summed E-state index contributed by atoms with van der Waals surface area (Å²) >= 11 is 0. The highest BCUT2D eigenvalue weighted by molar-refractivity contribution is 5.79. The first-order valence-corrected chi connectivity index (χ1v) is 6.28. The molecule has 128 valence electrons. The highest BCUT2D eigenvalue weighted by atomic mass is 16.6. The third-order valence-electron chi connectivity index (χ3n) is 2.98. The largest absolute Gasteiger partial charge is 0.480 e. The van der Waals surface area contributed by atoms with Crippen LogP contribution < -0.4 is 5.32 Å². The number of non-ortho nitro benzene ring substituents is 1. The molecule has 0 bridgehead atoms. The summed E-state index contributed by atoms with van der Waals surface area (Å²) in [6, 6.07) is 1.76. The normalized spacial score (nSPS) is 11.2. The molecule has 5 N–H and O–H groups in total. The molecule has 24 heavy (non-hydrogen) atoms. The summed E-state index contributed by atoms with van der Waals surface area (Å²) in [7, 11) is 0. The number of carboxylic acid groups (broad SMARTS) is 1. The van der Waals surface area contributed by atoms with Gasteiger partial charge in [-0.15, -0.1) is 0 Å². The lowest BCUT2D eigenvalue weighted by atomic mass is 10.1. The third kappa shape index (κ3) is 4.23. The number of hydrogen-bond donors (Lipinski definition) is 3. The molecule has 0 saturated carbocycles. The van der Waals surface area contributed by atoms with Gasteiger partial charge in [-0.3, -0.25) is 20.2 Å². The number of anilines is 1. The highest BCUT2D eigenvalue weighted by Gasteiger charge is 2.25. The second-order valence-electron chi connectivity index (χ2n) is 4.52. The van der Waals surface area contributed by atoms with Crippen molar-refractivity contribution in [1.82, 2.24) is 9.97 Å². The van der Waals surface area contributed by atoms with Crippen LogP contribution in [-0.4, -0.2) is 42.4 Å². The molecule has 0 aliphatic carbocycles. The Morgan fingerprint density at radius 1 is 1.33 bits per heavy atom. The summed E-state index contributed by atoms with van der Waals surface area (Å²) in [5, 5.41) is 33.5. The van der Waals surface area contributed by atoms with E-state index < -0.39 is 33.2 Å². The summed E-state index contributed by atoms with van der Waals surface area (Å²) in [6.45, 7) is 0. The minimum Gasteiger partial charge on any atom is -0.480 e. The van der Waals surface area contributed by atoms with Crippen LogP contribution in [0.15, 0.2) is 30.7 Å². The van der Waals surface area contributed by atoms with Gasteiger partial charge in [0, 0.05) is 18.7 Å². The number of carboxylic acids is 1. The number of imidazole rings is 1. The molecule has 1 atom stereocenters. The summed E-state index contributed by atoms with van der Waals surface area (Å²) in [5.74, 6) is -1.24. The number of aliphatic carboxylic acids is 1. The van der Waals surface area contributed by atoms with Gasteiger partial charge in [0.2, 0.25) is 0 Å². The van der Waals surface area contributed by atoms with Gasteiger partial charge in [-0.2, -0.15) is 0 Å². The van der Waals surface area contributed by atoms with E-state index in [1.807, 2.05) is 0 Å². The number of aromatic amines is 1. The molecule has 0 spiro atoms. The van der Waals surface area contributed by atoms with Gasteiger partial charge in [0.25, 0.3) is 11.4 Å². The lowest BCUT2D eigenvalue weighted by Crippen LogP contribution is -2.31. The van der Waals surface area contributed by atoms with Crippen molar-refractivity contribution in [2.45, 2.75) is 12.5 Å². The van der Waals surface area contributed by atoms with E-state index in [-0.39, 0.29) is 17.6 Å². The van der Waals surface area contributed by atoms with Crippen molar-refractivity contribution >= 4 is 23.0 Å². The Hall–Kier alpha value is -3.54. The Labute approximate surface area is 133 Å². The lowest BCUT2D eigenvalue weighted by Gasteiger charge is -2.14. The topological polar surface area (TPSA) is 196 Å². The summed E-state index contributed by atoms with van der Waals surface area (Å²) in [5.41, 5.74) is -0.702. The Morgan fingerprint density at radius 3 is 2.54 bits per heavy atom. The second-order valence-corrected chi connectivity index (χ2v) is 4.52. The van der Waals surface area contributed by atoms with Crippen molar-refractivity contribution in [2.75, 3.05) is 5.32 Å². The number of aromatic nitrogens is 2. The SMILES string of the molecule is O.O=C(O)[C@H](Cc1c[nH]cn1)Nc1ccc([N+](=O)[O-])cc1[N+](=O)[O-]. The molecule has 12 heteroatoms. The molecule has 2 rings (SSSR count). The van der Waals surface area contributed by atoms with Crippen molar-refractivity contribution in [3.8, 4) is 0 Å². The van der Waals surface area contributed by atoms with E-state index in [2.05, 4.69) is 15.3 Å². The monoisotopic (exact) mass is 339 g/mol. The van der Waals surface area contributed by atoms with Crippen molar-refractivity contribution in [1.29, 1.82) is 0 Å². The summed E-state index contributed by atoms with van der Waals surface area (Å²) < 4.78 is 0. The zero-order valence-electron chi connectivity index (χ0n) is 12.0. The smallest absolute Gasteiger partial charge is 0.326 e. The molecular weight excluding hydrogens is 326 g/mol. The fourth-order valence-electron chi connectivity index (χ4n) is 1.91. The molecule has 1 heterocycles. The number of rotatable bonds is 7. The molecule has 0 radical (unpaired) electrons. The maximum absolute atomic E-state index is 11.3. The van der Waals surface area contributed by atoms with Crippen molar-refractivity contribution < 1.29 is 25.2 Å². The Balaban J connectivity index is 0.00000288. The Bertz CT molecular complexity index is 746. The van der Waals surface area contributed by atoms with Crippen LogP contribution in [0.3, 0.4) is 0 Å². The van der Waals surface area contributed by atoms with Gasteiger partial charge >= 0.3 is 5.97 Å². The zero-order valence-corrected chi connectivity index (χ0v) is 12.0. The van der Waals surface area contributed by atoms with Gasteiger partial charge in [-0.25, -0.2) is 9.78 Å². The molecule has 0 fully saturated rings. The van der Waals surface area contributed by atoms with Crippen LogP contribution in [0.1, 0.15) is 5.69 Å². The van der Waals surface area contributed by atoms with Gasteiger partial charge < -0.3 is 20.9 Å². The van der Waals surface area contributed by atoms with Gasteiger partial charge in [0.1, 0.15) is 11.7 Å². The van der Waals surface area contributed by atoms with E-state index in [9.17, 15) is 30.1 Å². The zero-order chi connectivity index (χ0) is 17.0. The molecule has 0 amide bonds. The summed E-state index contributed by atoms with van der Waals surface area (Å²) in [4.78, 5) is 38.0. The predicted octanol–water partition coefficient (Wildman–Crippen LogP) is 0.509. The molecule has 2 aromatic rings. The first kappa shape index (κ1) is 18.5. The van der Waals surface area contributed by atoms with Crippen LogP contribution in [0.2, 0.25) is 0 Å². The fourth-order valence-corrected chi connectivity index (χ4v) is 1.91. The standard InChI is InChI=1S/C12H11N5O6.H2O/c18-12(19)10(3-7-5-13-6-14-7)15-9-2-1-8(16(20)21)4-11(9)17(22)23;/h1-2,4-6,10,15H,3H2,(H,13,14)(H,18,19);1H2/t10-;/m0./s1. The van der Waals surface area contributed by atoms with Gasteiger partial charge in [0.15, 0.2) is 0 Å².